The first kappa shape index (κ1) is 17.1. The Morgan fingerprint density at radius 3 is 2.61 bits per heavy atom. The predicted octanol–water partition coefficient (Wildman–Crippen LogP) is 3.66. The van der Waals surface area contributed by atoms with E-state index in [-0.39, 0.29) is 5.91 Å². The van der Waals surface area contributed by atoms with Crippen molar-refractivity contribution in [1.82, 2.24) is 5.32 Å². The third-order valence-corrected chi connectivity index (χ3v) is 4.09. The standard InChI is InChI=1S/C20H25NO2/c1-14-8-9-16(3)18(12-14)13-20(22)21-10-11-23-19-7-5-6-15(2)17(19)4/h5-9,12H,10-11,13H2,1-4H3,(H,21,22). The Kier molecular flexibility index (Phi) is 5.80. The van der Waals surface area contributed by atoms with Gasteiger partial charge in [-0.15, -0.1) is 0 Å². The zero-order chi connectivity index (χ0) is 16.8. The van der Waals surface area contributed by atoms with Gasteiger partial charge in [-0.1, -0.05) is 35.9 Å². The Labute approximate surface area is 138 Å². The summed E-state index contributed by atoms with van der Waals surface area (Å²) < 4.78 is 5.75. The van der Waals surface area contributed by atoms with Crippen LogP contribution in [0.4, 0.5) is 0 Å². The molecule has 23 heavy (non-hydrogen) atoms. The van der Waals surface area contributed by atoms with E-state index in [1.165, 1.54) is 11.1 Å². The lowest BCUT2D eigenvalue weighted by Crippen LogP contribution is -2.29. The van der Waals surface area contributed by atoms with Crippen LogP contribution in [0.1, 0.15) is 27.8 Å². The molecule has 1 N–H and O–H groups in total. The molecule has 0 saturated heterocycles. The fourth-order valence-corrected chi connectivity index (χ4v) is 2.46. The second kappa shape index (κ2) is 7.82. The molecule has 0 heterocycles. The fourth-order valence-electron chi connectivity index (χ4n) is 2.46. The Balaban J connectivity index is 1.79. The highest BCUT2D eigenvalue weighted by Gasteiger charge is 2.06. The van der Waals surface area contributed by atoms with Crippen LogP contribution in [-0.2, 0) is 11.2 Å². The van der Waals surface area contributed by atoms with E-state index in [4.69, 9.17) is 4.74 Å². The molecule has 0 fully saturated rings. The second-order valence-corrected chi connectivity index (χ2v) is 6.00. The van der Waals surface area contributed by atoms with E-state index in [2.05, 4.69) is 36.5 Å². The minimum Gasteiger partial charge on any atom is -0.491 e. The number of hydrogen-bond donors (Lipinski definition) is 1. The number of rotatable bonds is 6. The third kappa shape index (κ3) is 4.85. The molecular weight excluding hydrogens is 286 g/mol. The van der Waals surface area contributed by atoms with Gasteiger partial charge in [-0.05, 0) is 56.0 Å². The summed E-state index contributed by atoms with van der Waals surface area (Å²) in [6.45, 7) is 9.17. The van der Waals surface area contributed by atoms with Crippen molar-refractivity contribution in [3.8, 4) is 5.75 Å². The van der Waals surface area contributed by atoms with Gasteiger partial charge in [0.15, 0.2) is 0 Å². The number of ether oxygens (including phenoxy) is 1. The van der Waals surface area contributed by atoms with Crippen LogP contribution in [0.5, 0.6) is 5.75 Å². The van der Waals surface area contributed by atoms with Crippen molar-refractivity contribution >= 4 is 5.91 Å². The van der Waals surface area contributed by atoms with Gasteiger partial charge in [-0.3, -0.25) is 4.79 Å². The summed E-state index contributed by atoms with van der Waals surface area (Å²) in [7, 11) is 0. The minimum absolute atomic E-state index is 0.0308. The molecule has 0 aliphatic heterocycles. The highest BCUT2D eigenvalue weighted by Crippen LogP contribution is 2.20. The molecule has 0 aromatic heterocycles. The molecule has 0 radical (unpaired) electrons. The minimum atomic E-state index is 0.0308. The van der Waals surface area contributed by atoms with Crippen LogP contribution in [0.2, 0.25) is 0 Å². The second-order valence-electron chi connectivity index (χ2n) is 6.00. The summed E-state index contributed by atoms with van der Waals surface area (Å²) in [5.41, 5.74) is 5.77. The first-order valence-electron chi connectivity index (χ1n) is 7.99. The van der Waals surface area contributed by atoms with Crippen molar-refractivity contribution in [3.05, 3.63) is 64.2 Å². The van der Waals surface area contributed by atoms with Crippen molar-refractivity contribution in [2.45, 2.75) is 34.1 Å². The van der Waals surface area contributed by atoms with E-state index in [1.807, 2.05) is 32.9 Å². The summed E-state index contributed by atoms with van der Waals surface area (Å²) in [6.07, 6.45) is 0.414. The molecule has 0 aliphatic rings. The molecule has 0 aliphatic carbocycles. The lowest BCUT2D eigenvalue weighted by atomic mass is 10.0. The van der Waals surface area contributed by atoms with Gasteiger partial charge >= 0.3 is 0 Å². The van der Waals surface area contributed by atoms with Crippen molar-refractivity contribution < 1.29 is 9.53 Å². The molecule has 0 saturated carbocycles. The lowest BCUT2D eigenvalue weighted by molar-refractivity contribution is -0.120. The van der Waals surface area contributed by atoms with Gasteiger partial charge in [0, 0.05) is 0 Å². The molecule has 0 unspecified atom stereocenters. The lowest BCUT2D eigenvalue weighted by Gasteiger charge is -2.12. The topological polar surface area (TPSA) is 38.3 Å². The average Bonchev–Trinajstić information content (AvgIpc) is 2.51. The molecule has 1 amide bonds. The molecule has 122 valence electrons. The molecule has 2 rings (SSSR count). The van der Waals surface area contributed by atoms with Crippen LogP contribution in [0, 0.1) is 27.7 Å². The molecule has 0 atom stereocenters. The predicted molar refractivity (Wildman–Crippen MR) is 94.0 cm³/mol. The molecule has 0 spiro atoms. The number of hydrogen-bond acceptors (Lipinski definition) is 2. The van der Waals surface area contributed by atoms with Crippen LogP contribution in [0.15, 0.2) is 36.4 Å². The molecule has 3 nitrogen and oxygen atoms in total. The molecule has 3 heteroatoms. The highest BCUT2D eigenvalue weighted by molar-refractivity contribution is 5.78. The Morgan fingerprint density at radius 1 is 1.04 bits per heavy atom. The molecule has 2 aromatic rings. The van der Waals surface area contributed by atoms with Crippen LogP contribution in [-0.4, -0.2) is 19.1 Å². The van der Waals surface area contributed by atoms with Crippen molar-refractivity contribution in [2.24, 2.45) is 0 Å². The Bertz CT molecular complexity index is 692. The number of carbonyl (C=O) groups excluding carboxylic acids is 1. The van der Waals surface area contributed by atoms with Crippen molar-refractivity contribution in [1.29, 1.82) is 0 Å². The average molecular weight is 311 g/mol. The highest BCUT2D eigenvalue weighted by atomic mass is 16.5. The summed E-state index contributed by atoms with van der Waals surface area (Å²) in [5.74, 6) is 0.914. The first-order chi connectivity index (χ1) is 11.0. The largest absolute Gasteiger partial charge is 0.491 e. The van der Waals surface area contributed by atoms with E-state index < -0.39 is 0 Å². The van der Waals surface area contributed by atoms with Crippen molar-refractivity contribution in [3.63, 3.8) is 0 Å². The Morgan fingerprint density at radius 2 is 1.83 bits per heavy atom. The number of nitrogens with one attached hydrogen (secondary N) is 1. The zero-order valence-corrected chi connectivity index (χ0v) is 14.4. The number of amides is 1. The number of benzene rings is 2. The zero-order valence-electron chi connectivity index (χ0n) is 14.4. The normalized spacial score (nSPS) is 10.4. The van der Waals surface area contributed by atoms with E-state index in [0.29, 0.717) is 19.6 Å². The molecule has 2 aromatic carbocycles. The van der Waals surface area contributed by atoms with Gasteiger partial charge in [-0.2, -0.15) is 0 Å². The maximum absolute atomic E-state index is 12.0. The van der Waals surface area contributed by atoms with Gasteiger partial charge in [0.2, 0.25) is 5.91 Å². The maximum atomic E-state index is 12.0. The van der Waals surface area contributed by atoms with Gasteiger partial charge < -0.3 is 10.1 Å². The van der Waals surface area contributed by atoms with Crippen molar-refractivity contribution in [2.75, 3.05) is 13.2 Å². The Hall–Kier alpha value is -2.29. The number of aryl methyl sites for hydroxylation is 3. The SMILES string of the molecule is Cc1ccc(C)c(CC(=O)NCCOc2cccc(C)c2C)c1. The molecular formula is C20H25NO2. The summed E-state index contributed by atoms with van der Waals surface area (Å²) >= 11 is 0. The quantitative estimate of drug-likeness (QED) is 0.827. The van der Waals surface area contributed by atoms with Crippen LogP contribution < -0.4 is 10.1 Å². The summed E-state index contributed by atoms with van der Waals surface area (Å²) in [5, 5.41) is 2.92. The summed E-state index contributed by atoms with van der Waals surface area (Å²) in [6, 6.07) is 12.2. The number of carbonyl (C=O) groups is 1. The smallest absolute Gasteiger partial charge is 0.224 e. The molecule has 0 bridgehead atoms. The van der Waals surface area contributed by atoms with Gasteiger partial charge in [0.1, 0.15) is 12.4 Å². The third-order valence-electron chi connectivity index (χ3n) is 4.09. The first-order valence-corrected chi connectivity index (χ1v) is 7.99. The van der Waals surface area contributed by atoms with E-state index in [9.17, 15) is 4.79 Å². The summed E-state index contributed by atoms with van der Waals surface area (Å²) in [4.78, 5) is 12.0. The monoisotopic (exact) mass is 311 g/mol. The van der Waals surface area contributed by atoms with Crippen LogP contribution in [0.3, 0.4) is 0 Å². The van der Waals surface area contributed by atoms with E-state index in [0.717, 1.165) is 22.4 Å². The fraction of sp³-hybridized carbons (Fsp3) is 0.350. The van der Waals surface area contributed by atoms with Gasteiger partial charge in [-0.25, -0.2) is 0 Å². The van der Waals surface area contributed by atoms with E-state index in [1.54, 1.807) is 0 Å². The van der Waals surface area contributed by atoms with Crippen LogP contribution in [0.25, 0.3) is 0 Å². The van der Waals surface area contributed by atoms with E-state index >= 15 is 0 Å². The van der Waals surface area contributed by atoms with Gasteiger partial charge in [0.05, 0.1) is 13.0 Å². The maximum Gasteiger partial charge on any atom is 0.224 e. The van der Waals surface area contributed by atoms with Gasteiger partial charge in [0.25, 0.3) is 0 Å². The van der Waals surface area contributed by atoms with Crippen LogP contribution >= 0.6 is 0 Å².